The van der Waals surface area contributed by atoms with Gasteiger partial charge in [-0.05, 0) is 12.8 Å². The molecule has 0 amide bonds. The first kappa shape index (κ1) is 13.5. The number of aryl methyl sites for hydroxylation is 1. The third-order valence-electron chi connectivity index (χ3n) is 2.64. The van der Waals surface area contributed by atoms with Crippen molar-refractivity contribution in [3.8, 4) is 11.3 Å². The Bertz CT molecular complexity index is 538. The number of hydrogen-bond donors (Lipinski definition) is 1. The van der Waals surface area contributed by atoms with Crippen LogP contribution in [-0.2, 0) is 6.54 Å². The summed E-state index contributed by atoms with van der Waals surface area (Å²) >= 11 is 0. The predicted molar refractivity (Wildman–Crippen MR) is 72.3 cm³/mol. The molecule has 0 saturated heterocycles. The first-order valence-corrected chi connectivity index (χ1v) is 6.53. The fraction of sp³-hybridized carbons (Fsp3) is 0.462. The van der Waals surface area contributed by atoms with E-state index in [0.29, 0.717) is 11.5 Å². The van der Waals surface area contributed by atoms with Crippen LogP contribution in [0.2, 0.25) is 0 Å². The molecule has 0 spiro atoms. The van der Waals surface area contributed by atoms with Crippen molar-refractivity contribution in [2.75, 3.05) is 11.9 Å². The van der Waals surface area contributed by atoms with E-state index in [4.69, 9.17) is 0 Å². The zero-order valence-corrected chi connectivity index (χ0v) is 11.2. The van der Waals surface area contributed by atoms with E-state index in [9.17, 15) is 4.39 Å². The maximum Gasteiger partial charge on any atom is 0.223 e. The molecule has 2 aromatic rings. The lowest BCUT2D eigenvalue weighted by molar-refractivity contribution is 0.602. The van der Waals surface area contributed by atoms with Gasteiger partial charge in [-0.3, -0.25) is 4.68 Å². The molecule has 0 fully saturated rings. The Morgan fingerprint density at radius 3 is 2.84 bits per heavy atom. The Balaban J connectivity index is 2.26. The van der Waals surface area contributed by atoms with Crippen LogP contribution >= 0.6 is 0 Å². The van der Waals surface area contributed by atoms with E-state index in [0.717, 1.165) is 25.9 Å². The molecular weight excluding hydrogens is 245 g/mol. The van der Waals surface area contributed by atoms with Crippen molar-refractivity contribution in [3.63, 3.8) is 0 Å². The lowest BCUT2D eigenvalue weighted by atomic mass is 10.2. The van der Waals surface area contributed by atoms with Gasteiger partial charge < -0.3 is 5.32 Å². The van der Waals surface area contributed by atoms with E-state index >= 15 is 0 Å². The number of hydrogen-bond acceptors (Lipinski definition) is 4. The van der Waals surface area contributed by atoms with Gasteiger partial charge >= 0.3 is 0 Å². The Labute approximate surface area is 111 Å². The summed E-state index contributed by atoms with van der Waals surface area (Å²) in [4.78, 5) is 8.12. The fourth-order valence-corrected chi connectivity index (χ4v) is 1.73. The summed E-state index contributed by atoms with van der Waals surface area (Å²) in [5.74, 6) is 0.0135. The van der Waals surface area contributed by atoms with Crippen molar-refractivity contribution >= 4 is 5.95 Å². The van der Waals surface area contributed by atoms with E-state index in [2.05, 4.69) is 27.3 Å². The number of rotatable bonds is 6. The highest BCUT2D eigenvalue weighted by molar-refractivity contribution is 5.58. The number of nitrogens with one attached hydrogen (secondary N) is 1. The van der Waals surface area contributed by atoms with Crippen molar-refractivity contribution in [3.05, 3.63) is 24.4 Å². The molecule has 0 unspecified atom stereocenters. The molecule has 0 aliphatic carbocycles. The number of halogens is 1. The lowest BCUT2D eigenvalue weighted by Crippen LogP contribution is -2.05. The van der Waals surface area contributed by atoms with Gasteiger partial charge in [0.25, 0.3) is 0 Å². The third kappa shape index (κ3) is 3.27. The average molecular weight is 263 g/mol. The van der Waals surface area contributed by atoms with Gasteiger partial charge in [-0.1, -0.05) is 13.8 Å². The number of aromatic nitrogens is 4. The van der Waals surface area contributed by atoms with Crippen LogP contribution in [0.1, 0.15) is 26.7 Å². The molecule has 1 N–H and O–H groups in total. The normalized spacial score (nSPS) is 10.7. The summed E-state index contributed by atoms with van der Waals surface area (Å²) in [7, 11) is 0. The van der Waals surface area contributed by atoms with Crippen LogP contribution in [-0.4, -0.2) is 26.3 Å². The summed E-state index contributed by atoms with van der Waals surface area (Å²) in [5, 5.41) is 7.23. The largest absolute Gasteiger partial charge is 0.354 e. The number of anilines is 1. The highest BCUT2D eigenvalue weighted by atomic mass is 19.1. The third-order valence-corrected chi connectivity index (χ3v) is 2.64. The fourth-order valence-electron chi connectivity index (χ4n) is 1.73. The topological polar surface area (TPSA) is 55.6 Å². The summed E-state index contributed by atoms with van der Waals surface area (Å²) < 4.78 is 15.6. The molecule has 102 valence electrons. The smallest absolute Gasteiger partial charge is 0.223 e. The second-order valence-electron chi connectivity index (χ2n) is 4.31. The summed E-state index contributed by atoms with van der Waals surface area (Å²) in [6.45, 7) is 5.69. The Morgan fingerprint density at radius 1 is 1.26 bits per heavy atom. The zero-order chi connectivity index (χ0) is 13.7. The minimum absolute atomic E-state index is 0.288. The van der Waals surface area contributed by atoms with Crippen LogP contribution < -0.4 is 5.32 Å². The maximum absolute atomic E-state index is 13.8. The maximum atomic E-state index is 13.8. The van der Waals surface area contributed by atoms with Gasteiger partial charge in [-0.15, -0.1) is 0 Å². The van der Waals surface area contributed by atoms with Crippen LogP contribution in [0.3, 0.4) is 0 Å². The van der Waals surface area contributed by atoms with Crippen molar-refractivity contribution < 1.29 is 4.39 Å². The van der Waals surface area contributed by atoms with Gasteiger partial charge in [-0.2, -0.15) is 5.10 Å². The highest BCUT2D eigenvalue weighted by Gasteiger charge is 2.11. The van der Waals surface area contributed by atoms with Crippen molar-refractivity contribution in [1.29, 1.82) is 0 Å². The molecule has 0 aliphatic rings. The van der Waals surface area contributed by atoms with Crippen molar-refractivity contribution in [2.24, 2.45) is 0 Å². The van der Waals surface area contributed by atoms with E-state index in [1.807, 2.05) is 6.92 Å². The molecule has 0 aliphatic heterocycles. The minimum Gasteiger partial charge on any atom is -0.354 e. The molecule has 19 heavy (non-hydrogen) atoms. The van der Waals surface area contributed by atoms with E-state index < -0.39 is 5.82 Å². The van der Waals surface area contributed by atoms with Gasteiger partial charge in [0.15, 0.2) is 5.82 Å². The zero-order valence-electron chi connectivity index (χ0n) is 11.2. The van der Waals surface area contributed by atoms with E-state index in [1.165, 1.54) is 6.20 Å². The second-order valence-corrected chi connectivity index (χ2v) is 4.31. The molecule has 0 saturated carbocycles. The van der Waals surface area contributed by atoms with Crippen LogP contribution in [0, 0.1) is 5.82 Å². The SMILES string of the molecule is CCCNc1ncc(F)c(-c2cnn(CCC)c2)n1. The minimum atomic E-state index is -0.432. The van der Waals surface area contributed by atoms with E-state index in [1.54, 1.807) is 17.1 Å². The summed E-state index contributed by atoms with van der Waals surface area (Å²) in [6.07, 6.45) is 6.57. The average Bonchev–Trinajstić information content (AvgIpc) is 2.87. The van der Waals surface area contributed by atoms with Crippen molar-refractivity contribution in [2.45, 2.75) is 33.2 Å². The van der Waals surface area contributed by atoms with Gasteiger partial charge in [-0.25, -0.2) is 14.4 Å². The Kier molecular flexibility index (Phi) is 4.43. The standard InChI is InChI=1S/C13H18FN5/c1-3-5-15-13-16-8-11(14)12(18-13)10-7-17-19(9-10)6-4-2/h7-9H,3-6H2,1-2H3,(H,15,16,18). The molecule has 0 radical (unpaired) electrons. The van der Waals surface area contributed by atoms with Crippen LogP contribution in [0.5, 0.6) is 0 Å². The van der Waals surface area contributed by atoms with Gasteiger partial charge in [0.1, 0.15) is 5.69 Å². The number of nitrogens with zero attached hydrogens (tertiary/aromatic N) is 4. The molecule has 2 aromatic heterocycles. The summed E-state index contributed by atoms with van der Waals surface area (Å²) in [5.41, 5.74) is 0.962. The Morgan fingerprint density at radius 2 is 2.11 bits per heavy atom. The quantitative estimate of drug-likeness (QED) is 0.870. The molecule has 2 rings (SSSR count). The van der Waals surface area contributed by atoms with Gasteiger partial charge in [0.05, 0.1) is 12.4 Å². The first-order chi connectivity index (χ1) is 9.24. The molecule has 5 nitrogen and oxygen atoms in total. The summed E-state index contributed by atoms with van der Waals surface area (Å²) in [6, 6.07) is 0. The lowest BCUT2D eigenvalue weighted by Gasteiger charge is -2.05. The second kappa shape index (κ2) is 6.26. The van der Waals surface area contributed by atoms with Gasteiger partial charge in [0.2, 0.25) is 5.95 Å². The molecule has 0 bridgehead atoms. The van der Waals surface area contributed by atoms with E-state index in [-0.39, 0.29) is 5.69 Å². The predicted octanol–water partition coefficient (Wildman–Crippen LogP) is 2.71. The monoisotopic (exact) mass is 263 g/mol. The first-order valence-electron chi connectivity index (χ1n) is 6.53. The van der Waals surface area contributed by atoms with Gasteiger partial charge in [0, 0.05) is 24.8 Å². The van der Waals surface area contributed by atoms with Crippen LogP contribution in [0.25, 0.3) is 11.3 Å². The highest BCUT2D eigenvalue weighted by Crippen LogP contribution is 2.20. The molecule has 6 heteroatoms. The van der Waals surface area contributed by atoms with Crippen LogP contribution in [0.15, 0.2) is 18.6 Å². The molecular formula is C13H18FN5. The van der Waals surface area contributed by atoms with Crippen molar-refractivity contribution in [1.82, 2.24) is 19.7 Å². The molecule has 2 heterocycles. The Hall–Kier alpha value is -1.98. The van der Waals surface area contributed by atoms with Crippen LogP contribution in [0.4, 0.5) is 10.3 Å². The molecule has 0 atom stereocenters. The molecule has 0 aromatic carbocycles.